The maximum absolute atomic E-state index is 5.92. The third kappa shape index (κ3) is 2.88. The number of pyridine rings is 1. The first kappa shape index (κ1) is 12.2. The Balaban J connectivity index is 1.93. The standard InChI is InChI=1S/C13H21N3O/c1-3-12-10(4-5-17-12)8-16-13-11(14)6-9(2)7-15-13/h6-7,10,12H,3-5,8,14H2,1-2H3,(H,15,16). The van der Waals surface area contributed by atoms with Gasteiger partial charge in [0.15, 0.2) is 0 Å². The molecule has 2 heterocycles. The van der Waals surface area contributed by atoms with Crippen LogP contribution in [-0.2, 0) is 4.74 Å². The molecule has 4 heteroatoms. The molecule has 1 fully saturated rings. The lowest BCUT2D eigenvalue weighted by Gasteiger charge is -2.18. The summed E-state index contributed by atoms with van der Waals surface area (Å²) in [6, 6.07) is 1.94. The number of aromatic nitrogens is 1. The molecule has 1 saturated heterocycles. The van der Waals surface area contributed by atoms with Gasteiger partial charge in [-0.1, -0.05) is 6.92 Å². The maximum Gasteiger partial charge on any atom is 0.149 e. The van der Waals surface area contributed by atoms with Gasteiger partial charge in [-0.05, 0) is 31.4 Å². The van der Waals surface area contributed by atoms with E-state index in [9.17, 15) is 0 Å². The van der Waals surface area contributed by atoms with Crippen LogP contribution in [0, 0.1) is 12.8 Å². The van der Waals surface area contributed by atoms with Crippen LogP contribution in [0.4, 0.5) is 11.5 Å². The first-order valence-electron chi connectivity index (χ1n) is 6.28. The van der Waals surface area contributed by atoms with Crippen LogP contribution in [0.5, 0.6) is 0 Å². The minimum atomic E-state index is 0.383. The number of nitrogens with zero attached hydrogens (tertiary/aromatic N) is 1. The Bertz CT molecular complexity index is 381. The van der Waals surface area contributed by atoms with E-state index in [1.54, 1.807) is 0 Å². The second-order valence-corrected chi connectivity index (χ2v) is 4.70. The summed E-state index contributed by atoms with van der Waals surface area (Å²) in [6.07, 6.45) is 4.41. The molecule has 0 saturated carbocycles. The smallest absolute Gasteiger partial charge is 0.149 e. The van der Waals surface area contributed by atoms with E-state index in [4.69, 9.17) is 10.5 Å². The molecule has 1 aromatic heterocycles. The van der Waals surface area contributed by atoms with Gasteiger partial charge in [0.2, 0.25) is 0 Å². The molecule has 17 heavy (non-hydrogen) atoms. The first-order chi connectivity index (χ1) is 8.20. The average Bonchev–Trinajstić information content (AvgIpc) is 2.75. The highest BCUT2D eigenvalue weighted by Gasteiger charge is 2.26. The normalized spacial score (nSPS) is 23.9. The van der Waals surface area contributed by atoms with Gasteiger partial charge in [0.05, 0.1) is 11.8 Å². The van der Waals surface area contributed by atoms with Crippen LogP contribution in [0.3, 0.4) is 0 Å². The number of anilines is 2. The van der Waals surface area contributed by atoms with Gasteiger partial charge in [0.25, 0.3) is 0 Å². The second kappa shape index (κ2) is 5.36. The number of nitrogens with two attached hydrogens (primary N) is 1. The molecule has 1 aliphatic rings. The molecule has 0 bridgehead atoms. The fourth-order valence-electron chi connectivity index (χ4n) is 2.34. The van der Waals surface area contributed by atoms with E-state index >= 15 is 0 Å². The van der Waals surface area contributed by atoms with Crippen LogP contribution < -0.4 is 11.1 Å². The zero-order valence-corrected chi connectivity index (χ0v) is 10.6. The summed E-state index contributed by atoms with van der Waals surface area (Å²) in [5.41, 5.74) is 7.72. The summed E-state index contributed by atoms with van der Waals surface area (Å²) >= 11 is 0. The van der Waals surface area contributed by atoms with Crippen molar-refractivity contribution in [1.29, 1.82) is 0 Å². The number of ether oxygens (including phenoxy) is 1. The maximum atomic E-state index is 5.92. The van der Waals surface area contributed by atoms with Crippen molar-refractivity contribution >= 4 is 11.5 Å². The molecule has 0 aliphatic carbocycles. The van der Waals surface area contributed by atoms with Crippen molar-refractivity contribution in [2.75, 3.05) is 24.2 Å². The molecule has 0 spiro atoms. The van der Waals surface area contributed by atoms with Gasteiger partial charge in [0, 0.05) is 25.3 Å². The van der Waals surface area contributed by atoms with Gasteiger partial charge in [-0.3, -0.25) is 0 Å². The van der Waals surface area contributed by atoms with Crippen molar-refractivity contribution in [2.45, 2.75) is 32.8 Å². The van der Waals surface area contributed by atoms with Gasteiger partial charge in [-0.25, -0.2) is 4.98 Å². The summed E-state index contributed by atoms with van der Waals surface area (Å²) in [7, 11) is 0. The van der Waals surface area contributed by atoms with E-state index in [1.807, 2.05) is 19.2 Å². The Morgan fingerprint density at radius 3 is 3.12 bits per heavy atom. The molecule has 4 nitrogen and oxygen atoms in total. The molecule has 2 rings (SSSR count). The number of hydrogen-bond acceptors (Lipinski definition) is 4. The molecular weight excluding hydrogens is 214 g/mol. The van der Waals surface area contributed by atoms with Crippen LogP contribution in [0.2, 0.25) is 0 Å². The number of aryl methyl sites for hydroxylation is 1. The average molecular weight is 235 g/mol. The molecular formula is C13H21N3O. The van der Waals surface area contributed by atoms with Crippen LogP contribution in [0.25, 0.3) is 0 Å². The minimum Gasteiger partial charge on any atom is -0.396 e. The summed E-state index contributed by atoms with van der Waals surface area (Å²) in [5.74, 6) is 1.36. The summed E-state index contributed by atoms with van der Waals surface area (Å²) < 4.78 is 5.66. The topological polar surface area (TPSA) is 60.2 Å². The van der Waals surface area contributed by atoms with Crippen molar-refractivity contribution < 1.29 is 4.74 Å². The van der Waals surface area contributed by atoms with Crippen molar-refractivity contribution in [3.8, 4) is 0 Å². The molecule has 1 aliphatic heterocycles. The van der Waals surface area contributed by atoms with E-state index in [0.717, 1.165) is 43.1 Å². The van der Waals surface area contributed by atoms with Crippen LogP contribution in [-0.4, -0.2) is 24.2 Å². The summed E-state index contributed by atoms with van der Waals surface area (Å²) in [6.45, 7) is 5.92. The highest BCUT2D eigenvalue weighted by molar-refractivity contribution is 5.61. The number of nitrogen functional groups attached to an aromatic ring is 1. The lowest BCUT2D eigenvalue weighted by Crippen LogP contribution is -2.23. The predicted molar refractivity (Wildman–Crippen MR) is 70.0 cm³/mol. The minimum absolute atomic E-state index is 0.383. The van der Waals surface area contributed by atoms with Crippen molar-refractivity contribution in [1.82, 2.24) is 4.98 Å². The highest BCUT2D eigenvalue weighted by Crippen LogP contribution is 2.24. The van der Waals surface area contributed by atoms with Gasteiger partial charge in [-0.2, -0.15) is 0 Å². The van der Waals surface area contributed by atoms with E-state index in [2.05, 4.69) is 17.2 Å². The van der Waals surface area contributed by atoms with Gasteiger partial charge in [0.1, 0.15) is 5.82 Å². The Morgan fingerprint density at radius 1 is 1.59 bits per heavy atom. The van der Waals surface area contributed by atoms with Crippen LogP contribution >= 0.6 is 0 Å². The highest BCUT2D eigenvalue weighted by atomic mass is 16.5. The Morgan fingerprint density at radius 2 is 2.41 bits per heavy atom. The molecule has 0 aromatic carbocycles. The zero-order valence-electron chi connectivity index (χ0n) is 10.6. The third-order valence-corrected chi connectivity index (χ3v) is 3.33. The first-order valence-corrected chi connectivity index (χ1v) is 6.28. The van der Waals surface area contributed by atoms with Crippen LogP contribution in [0.15, 0.2) is 12.3 Å². The Hall–Kier alpha value is -1.29. The van der Waals surface area contributed by atoms with E-state index in [-0.39, 0.29) is 0 Å². The lowest BCUT2D eigenvalue weighted by atomic mass is 10.00. The van der Waals surface area contributed by atoms with E-state index in [1.165, 1.54) is 0 Å². The van der Waals surface area contributed by atoms with Crippen molar-refractivity contribution in [3.05, 3.63) is 17.8 Å². The largest absolute Gasteiger partial charge is 0.396 e. The lowest BCUT2D eigenvalue weighted by molar-refractivity contribution is 0.0900. The fourth-order valence-corrected chi connectivity index (χ4v) is 2.34. The van der Waals surface area contributed by atoms with E-state index in [0.29, 0.717) is 12.0 Å². The fraction of sp³-hybridized carbons (Fsp3) is 0.615. The Labute approximate surface area is 103 Å². The molecule has 0 radical (unpaired) electrons. The predicted octanol–water partition coefficient (Wildman–Crippen LogP) is 2.20. The summed E-state index contributed by atoms with van der Waals surface area (Å²) in [5, 5.41) is 3.33. The number of rotatable bonds is 4. The number of hydrogen-bond donors (Lipinski definition) is 2. The van der Waals surface area contributed by atoms with Gasteiger partial charge in [-0.15, -0.1) is 0 Å². The molecule has 94 valence electrons. The van der Waals surface area contributed by atoms with Crippen LogP contribution in [0.1, 0.15) is 25.3 Å². The molecule has 2 unspecified atom stereocenters. The second-order valence-electron chi connectivity index (χ2n) is 4.70. The SMILES string of the molecule is CCC1OCCC1CNc1ncc(C)cc1N. The third-order valence-electron chi connectivity index (χ3n) is 3.33. The van der Waals surface area contributed by atoms with E-state index < -0.39 is 0 Å². The quantitative estimate of drug-likeness (QED) is 0.840. The molecule has 0 amide bonds. The molecule has 2 atom stereocenters. The van der Waals surface area contributed by atoms with Crippen molar-refractivity contribution in [3.63, 3.8) is 0 Å². The Kier molecular flexibility index (Phi) is 3.84. The van der Waals surface area contributed by atoms with Gasteiger partial charge >= 0.3 is 0 Å². The van der Waals surface area contributed by atoms with Gasteiger partial charge < -0.3 is 15.8 Å². The summed E-state index contributed by atoms with van der Waals surface area (Å²) in [4.78, 5) is 4.31. The zero-order chi connectivity index (χ0) is 12.3. The number of nitrogens with one attached hydrogen (secondary N) is 1. The monoisotopic (exact) mass is 235 g/mol. The molecule has 3 N–H and O–H groups in total. The van der Waals surface area contributed by atoms with Crippen molar-refractivity contribution in [2.24, 2.45) is 5.92 Å². The molecule has 1 aromatic rings.